The van der Waals surface area contributed by atoms with Crippen LogP contribution in [-0.4, -0.2) is 21.7 Å². The highest BCUT2D eigenvalue weighted by molar-refractivity contribution is 7.26. The van der Waals surface area contributed by atoms with Crippen molar-refractivity contribution in [2.45, 2.75) is 26.7 Å². The Hall–Kier alpha value is -1.62. The summed E-state index contributed by atoms with van der Waals surface area (Å²) >= 11 is 1.73. The Labute approximate surface area is 115 Å². The maximum Gasteiger partial charge on any atom is 0.165 e. The van der Waals surface area contributed by atoms with E-state index in [9.17, 15) is 0 Å². The SMILES string of the molecule is Cc1cc(C)c2c(n1)sc1c(NCC3CC3)n[nH]c12. The molecule has 0 saturated heterocycles. The van der Waals surface area contributed by atoms with Gasteiger partial charge < -0.3 is 5.32 Å². The quantitative estimate of drug-likeness (QED) is 0.765. The lowest BCUT2D eigenvalue weighted by Crippen LogP contribution is -2.03. The highest BCUT2D eigenvalue weighted by atomic mass is 32.1. The van der Waals surface area contributed by atoms with Gasteiger partial charge in [0.2, 0.25) is 0 Å². The monoisotopic (exact) mass is 272 g/mol. The minimum atomic E-state index is 0.850. The van der Waals surface area contributed by atoms with Crippen molar-refractivity contribution in [1.29, 1.82) is 0 Å². The second kappa shape index (κ2) is 3.93. The Balaban J connectivity index is 1.85. The van der Waals surface area contributed by atoms with E-state index in [1.807, 2.05) is 6.92 Å². The van der Waals surface area contributed by atoms with Crippen LogP contribution in [-0.2, 0) is 0 Å². The highest BCUT2D eigenvalue weighted by Crippen LogP contribution is 2.38. The maximum absolute atomic E-state index is 4.64. The molecule has 0 radical (unpaired) electrons. The van der Waals surface area contributed by atoms with Crippen molar-refractivity contribution >= 4 is 37.6 Å². The molecule has 1 fully saturated rings. The van der Waals surface area contributed by atoms with Crippen molar-refractivity contribution < 1.29 is 0 Å². The number of aryl methyl sites for hydroxylation is 2. The van der Waals surface area contributed by atoms with Crippen molar-refractivity contribution in [3.8, 4) is 0 Å². The van der Waals surface area contributed by atoms with Gasteiger partial charge in [-0.3, -0.25) is 5.10 Å². The van der Waals surface area contributed by atoms with Crippen molar-refractivity contribution in [3.05, 3.63) is 17.3 Å². The number of nitrogens with zero attached hydrogens (tertiary/aromatic N) is 2. The maximum atomic E-state index is 4.64. The Morgan fingerprint density at radius 1 is 1.42 bits per heavy atom. The lowest BCUT2D eigenvalue weighted by atomic mass is 10.1. The van der Waals surface area contributed by atoms with Crippen molar-refractivity contribution in [2.24, 2.45) is 5.92 Å². The molecule has 3 heterocycles. The summed E-state index contributed by atoms with van der Waals surface area (Å²) in [5, 5.41) is 12.3. The zero-order chi connectivity index (χ0) is 13.0. The minimum Gasteiger partial charge on any atom is -0.367 e. The summed E-state index contributed by atoms with van der Waals surface area (Å²) in [6, 6.07) is 2.13. The number of nitrogens with one attached hydrogen (secondary N) is 2. The van der Waals surface area contributed by atoms with Gasteiger partial charge in [-0.05, 0) is 44.2 Å². The van der Waals surface area contributed by atoms with Crippen LogP contribution >= 0.6 is 11.3 Å². The van der Waals surface area contributed by atoms with Gasteiger partial charge in [-0.25, -0.2) is 4.98 Å². The van der Waals surface area contributed by atoms with E-state index in [1.54, 1.807) is 11.3 Å². The van der Waals surface area contributed by atoms with Crippen LogP contribution in [0.2, 0.25) is 0 Å². The summed E-state index contributed by atoms with van der Waals surface area (Å²) in [5.41, 5.74) is 3.48. The van der Waals surface area contributed by atoms with Crippen molar-refractivity contribution in [1.82, 2.24) is 15.2 Å². The zero-order valence-corrected chi connectivity index (χ0v) is 11.9. The van der Waals surface area contributed by atoms with Gasteiger partial charge in [0.15, 0.2) is 5.82 Å². The lowest BCUT2D eigenvalue weighted by molar-refractivity contribution is 0.881. The largest absolute Gasteiger partial charge is 0.367 e. The van der Waals surface area contributed by atoms with Crippen LogP contribution in [0.3, 0.4) is 0 Å². The van der Waals surface area contributed by atoms with E-state index in [0.717, 1.165) is 34.3 Å². The average Bonchev–Trinajstić information content (AvgIpc) is 2.99. The minimum absolute atomic E-state index is 0.850. The summed E-state index contributed by atoms with van der Waals surface area (Å²) in [4.78, 5) is 5.74. The number of anilines is 1. The fourth-order valence-electron chi connectivity index (χ4n) is 2.56. The molecule has 0 atom stereocenters. The third-order valence-corrected chi connectivity index (χ3v) is 4.83. The Kier molecular flexibility index (Phi) is 2.33. The van der Waals surface area contributed by atoms with Gasteiger partial charge in [-0.2, -0.15) is 5.10 Å². The zero-order valence-electron chi connectivity index (χ0n) is 11.1. The normalized spacial score (nSPS) is 15.5. The van der Waals surface area contributed by atoms with Crippen LogP contribution in [0.5, 0.6) is 0 Å². The van der Waals surface area contributed by atoms with Crippen LogP contribution in [0, 0.1) is 19.8 Å². The number of rotatable bonds is 3. The molecule has 1 aliphatic rings. The first-order chi connectivity index (χ1) is 9.22. The third kappa shape index (κ3) is 1.80. The van der Waals surface area contributed by atoms with Crippen LogP contribution < -0.4 is 5.32 Å². The van der Waals surface area contributed by atoms with E-state index in [2.05, 4.69) is 33.5 Å². The molecule has 5 heteroatoms. The van der Waals surface area contributed by atoms with E-state index in [0.29, 0.717) is 0 Å². The molecule has 0 unspecified atom stereocenters. The van der Waals surface area contributed by atoms with Gasteiger partial charge in [0.25, 0.3) is 0 Å². The van der Waals surface area contributed by atoms with Crippen molar-refractivity contribution in [3.63, 3.8) is 0 Å². The van der Waals surface area contributed by atoms with Crippen LogP contribution in [0.4, 0.5) is 5.82 Å². The second-order valence-corrected chi connectivity index (χ2v) is 6.46. The molecule has 4 rings (SSSR count). The number of thiophene rings is 1. The van der Waals surface area contributed by atoms with E-state index in [-0.39, 0.29) is 0 Å². The molecule has 2 N–H and O–H groups in total. The summed E-state index contributed by atoms with van der Waals surface area (Å²) in [7, 11) is 0. The number of hydrogen-bond donors (Lipinski definition) is 2. The Bertz CT molecular complexity index is 767. The van der Waals surface area contributed by atoms with Gasteiger partial charge in [-0.1, -0.05) is 0 Å². The van der Waals surface area contributed by atoms with Crippen LogP contribution in [0.15, 0.2) is 6.07 Å². The summed E-state index contributed by atoms with van der Waals surface area (Å²) in [5.74, 6) is 1.84. The molecule has 0 aliphatic heterocycles. The molecule has 0 aromatic carbocycles. The molecule has 1 aliphatic carbocycles. The number of aromatic nitrogens is 3. The molecule has 0 bridgehead atoms. The molecule has 3 aromatic rings. The van der Waals surface area contributed by atoms with E-state index in [4.69, 9.17) is 0 Å². The number of fused-ring (bicyclic) bond motifs is 3. The predicted octanol–water partition coefficient (Wildman–Crippen LogP) is 3.61. The van der Waals surface area contributed by atoms with E-state index in [1.165, 1.54) is 28.5 Å². The Morgan fingerprint density at radius 3 is 3.05 bits per heavy atom. The molecule has 0 spiro atoms. The fraction of sp³-hybridized carbons (Fsp3) is 0.429. The molecule has 1 saturated carbocycles. The van der Waals surface area contributed by atoms with Crippen LogP contribution in [0.1, 0.15) is 24.1 Å². The third-order valence-electron chi connectivity index (χ3n) is 3.74. The number of aromatic amines is 1. The fourth-order valence-corrected chi connectivity index (χ4v) is 3.77. The van der Waals surface area contributed by atoms with Gasteiger partial charge in [0, 0.05) is 17.6 Å². The van der Waals surface area contributed by atoms with E-state index >= 15 is 0 Å². The smallest absolute Gasteiger partial charge is 0.165 e. The lowest BCUT2D eigenvalue weighted by Gasteiger charge is -1.99. The Morgan fingerprint density at radius 2 is 2.26 bits per heavy atom. The predicted molar refractivity (Wildman–Crippen MR) is 80.0 cm³/mol. The molecule has 19 heavy (non-hydrogen) atoms. The number of hydrogen-bond acceptors (Lipinski definition) is 4. The molecule has 0 amide bonds. The summed E-state index contributed by atoms with van der Waals surface area (Å²) in [6.45, 7) is 5.23. The first-order valence-electron chi connectivity index (χ1n) is 6.71. The number of H-pyrrole nitrogens is 1. The summed E-state index contributed by atoms with van der Waals surface area (Å²) < 4.78 is 1.21. The van der Waals surface area contributed by atoms with Gasteiger partial charge >= 0.3 is 0 Å². The topological polar surface area (TPSA) is 53.6 Å². The second-order valence-electron chi connectivity index (χ2n) is 5.46. The molecular formula is C14H16N4S. The van der Waals surface area contributed by atoms with Gasteiger partial charge in [-0.15, -0.1) is 11.3 Å². The number of pyridine rings is 1. The highest BCUT2D eigenvalue weighted by Gasteiger charge is 2.22. The standard InChI is InChI=1S/C14H16N4S/c1-7-5-8(2)16-14-10(7)11-12(19-14)13(18-17-11)15-6-9-3-4-9/h5,9H,3-4,6H2,1-2H3,(H2,15,17,18). The summed E-state index contributed by atoms with van der Waals surface area (Å²) in [6.07, 6.45) is 2.71. The first kappa shape index (κ1) is 11.2. The van der Waals surface area contributed by atoms with Crippen LogP contribution in [0.25, 0.3) is 20.4 Å². The van der Waals surface area contributed by atoms with Gasteiger partial charge in [0.1, 0.15) is 4.83 Å². The van der Waals surface area contributed by atoms with Gasteiger partial charge in [0.05, 0.1) is 10.2 Å². The van der Waals surface area contributed by atoms with Crippen molar-refractivity contribution in [2.75, 3.05) is 11.9 Å². The molecule has 3 aromatic heterocycles. The molecule has 4 nitrogen and oxygen atoms in total. The first-order valence-corrected chi connectivity index (χ1v) is 7.52. The molecule has 98 valence electrons. The van der Waals surface area contributed by atoms with E-state index < -0.39 is 0 Å². The average molecular weight is 272 g/mol. The molecular weight excluding hydrogens is 256 g/mol.